The highest BCUT2D eigenvalue weighted by Gasteiger charge is 2.23. The average Bonchev–Trinajstić information content (AvgIpc) is 2.90. The number of carbonyl (C=O) groups excluding carboxylic acids is 1. The summed E-state index contributed by atoms with van der Waals surface area (Å²) in [6.45, 7) is 2.51. The molecule has 3 rings (SSSR count). The minimum atomic E-state index is -0.464. The Kier molecular flexibility index (Phi) is 3.96. The van der Waals surface area contributed by atoms with Crippen LogP contribution < -0.4 is 4.74 Å². The lowest BCUT2D eigenvalue weighted by Crippen LogP contribution is -2.05. The Labute approximate surface area is 127 Å². The van der Waals surface area contributed by atoms with Crippen LogP contribution in [0.2, 0.25) is 0 Å². The molecule has 2 aromatic rings. The molecule has 0 fully saturated rings. The van der Waals surface area contributed by atoms with E-state index in [9.17, 15) is 4.79 Å². The number of pyridine rings is 1. The zero-order valence-electron chi connectivity index (χ0n) is 12.0. The molecule has 0 bridgehead atoms. The quantitative estimate of drug-likeness (QED) is 0.642. The highest BCUT2D eigenvalue weighted by molar-refractivity contribution is 6.12. The van der Waals surface area contributed by atoms with E-state index in [4.69, 9.17) is 9.47 Å². The fourth-order valence-corrected chi connectivity index (χ4v) is 2.05. The molecule has 0 unspecified atom stereocenters. The molecule has 5 heteroatoms. The summed E-state index contributed by atoms with van der Waals surface area (Å²) >= 11 is 0. The lowest BCUT2D eigenvalue weighted by molar-refractivity contribution is -0.129. The van der Waals surface area contributed by atoms with Crippen molar-refractivity contribution in [3.63, 3.8) is 0 Å². The minimum absolute atomic E-state index is 0.264. The van der Waals surface area contributed by atoms with Gasteiger partial charge in [-0.05, 0) is 42.8 Å². The Morgan fingerprint density at radius 2 is 2.05 bits per heavy atom. The second kappa shape index (κ2) is 6.22. The smallest absolute Gasteiger partial charge is 0.363 e. The van der Waals surface area contributed by atoms with Crippen molar-refractivity contribution in [2.24, 2.45) is 4.99 Å². The van der Waals surface area contributed by atoms with Crippen molar-refractivity contribution in [1.82, 2.24) is 4.98 Å². The highest BCUT2D eigenvalue weighted by atomic mass is 16.6. The van der Waals surface area contributed by atoms with E-state index in [2.05, 4.69) is 9.98 Å². The van der Waals surface area contributed by atoms with Gasteiger partial charge in [-0.2, -0.15) is 0 Å². The van der Waals surface area contributed by atoms with E-state index in [0.717, 1.165) is 16.9 Å². The van der Waals surface area contributed by atoms with Gasteiger partial charge in [0.25, 0.3) is 0 Å². The number of aromatic nitrogens is 1. The molecule has 1 aromatic heterocycles. The number of aliphatic imine (C=N–C) groups is 1. The van der Waals surface area contributed by atoms with Crippen LogP contribution in [-0.2, 0) is 9.53 Å². The summed E-state index contributed by atoms with van der Waals surface area (Å²) in [6.07, 6.45) is 4.93. The number of nitrogens with zero attached hydrogens (tertiary/aromatic N) is 2. The third-order valence-corrected chi connectivity index (χ3v) is 3.02. The Morgan fingerprint density at radius 3 is 2.82 bits per heavy atom. The molecule has 22 heavy (non-hydrogen) atoms. The molecule has 5 nitrogen and oxygen atoms in total. The molecular formula is C17H14N2O3. The van der Waals surface area contributed by atoms with Crippen molar-refractivity contribution in [3.8, 4) is 5.75 Å². The van der Waals surface area contributed by atoms with E-state index in [0.29, 0.717) is 12.5 Å². The summed E-state index contributed by atoms with van der Waals surface area (Å²) in [5.41, 5.74) is 1.81. The van der Waals surface area contributed by atoms with Gasteiger partial charge in [0, 0.05) is 18.0 Å². The van der Waals surface area contributed by atoms with Crippen molar-refractivity contribution in [2.45, 2.75) is 6.92 Å². The molecule has 110 valence electrons. The topological polar surface area (TPSA) is 60.8 Å². The van der Waals surface area contributed by atoms with Crippen molar-refractivity contribution in [3.05, 3.63) is 65.6 Å². The summed E-state index contributed by atoms with van der Waals surface area (Å²) in [5.74, 6) is 0.579. The third-order valence-electron chi connectivity index (χ3n) is 3.02. The SMILES string of the molecule is CCOc1cccc(/C=C2/N=C(c3ccncc3)OC2=O)c1. The lowest BCUT2D eigenvalue weighted by atomic mass is 10.2. The number of hydrogen-bond donors (Lipinski definition) is 0. The molecule has 2 heterocycles. The Balaban J connectivity index is 1.89. The van der Waals surface area contributed by atoms with Crippen LogP contribution in [0, 0.1) is 0 Å². The molecule has 0 atom stereocenters. The predicted molar refractivity (Wildman–Crippen MR) is 82.5 cm³/mol. The molecule has 0 N–H and O–H groups in total. The van der Waals surface area contributed by atoms with Crippen molar-refractivity contribution < 1.29 is 14.3 Å². The highest BCUT2D eigenvalue weighted by Crippen LogP contribution is 2.21. The van der Waals surface area contributed by atoms with Gasteiger partial charge in [-0.25, -0.2) is 9.79 Å². The van der Waals surface area contributed by atoms with Gasteiger partial charge in [-0.3, -0.25) is 4.98 Å². The number of carbonyl (C=O) groups is 1. The van der Waals surface area contributed by atoms with E-state index in [1.807, 2.05) is 31.2 Å². The second-order valence-electron chi connectivity index (χ2n) is 4.58. The zero-order chi connectivity index (χ0) is 15.4. The standard InChI is InChI=1S/C17H14N2O3/c1-2-21-14-5-3-4-12(10-14)11-15-17(20)22-16(19-15)13-6-8-18-9-7-13/h3-11H,2H2,1H3/b15-11+. The number of rotatable bonds is 4. The van der Waals surface area contributed by atoms with E-state index in [1.54, 1.807) is 30.6 Å². The third kappa shape index (κ3) is 3.03. The Hall–Kier alpha value is -2.95. The van der Waals surface area contributed by atoms with E-state index in [1.165, 1.54) is 0 Å². The van der Waals surface area contributed by atoms with Crippen LogP contribution in [0.3, 0.4) is 0 Å². The van der Waals surface area contributed by atoms with Crippen LogP contribution >= 0.6 is 0 Å². The predicted octanol–water partition coefficient (Wildman–Crippen LogP) is 2.82. The summed E-state index contributed by atoms with van der Waals surface area (Å²) in [6, 6.07) is 10.9. The van der Waals surface area contributed by atoms with Gasteiger partial charge in [-0.15, -0.1) is 0 Å². The van der Waals surface area contributed by atoms with Crippen molar-refractivity contribution in [2.75, 3.05) is 6.61 Å². The van der Waals surface area contributed by atoms with Crippen LogP contribution in [0.1, 0.15) is 18.1 Å². The largest absolute Gasteiger partial charge is 0.494 e. The van der Waals surface area contributed by atoms with E-state index in [-0.39, 0.29) is 5.70 Å². The van der Waals surface area contributed by atoms with Crippen LogP contribution in [0.25, 0.3) is 6.08 Å². The van der Waals surface area contributed by atoms with Crippen LogP contribution in [-0.4, -0.2) is 23.5 Å². The molecule has 0 aliphatic carbocycles. The first-order chi connectivity index (χ1) is 10.8. The first-order valence-electron chi connectivity index (χ1n) is 6.92. The molecule has 0 radical (unpaired) electrons. The van der Waals surface area contributed by atoms with Crippen LogP contribution in [0.15, 0.2) is 59.5 Å². The number of esters is 1. The summed E-state index contributed by atoms with van der Waals surface area (Å²) in [5, 5.41) is 0. The monoisotopic (exact) mass is 294 g/mol. The molecule has 1 aliphatic heterocycles. The van der Waals surface area contributed by atoms with Crippen molar-refractivity contribution in [1.29, 1.82) is 0 Å². The van der Waals surface area contributed by atoms with Crippen LogP contribution in [0.4, 0.5) is 0 Å². The van der Waals surface area contributed by atoms with E-state index >= 15 is 0 Å². The molecule has 0 saturated carbocycles. The van der Waals surface area contributed by atoms with Gasteiger partial charge < -0.3 is 9.47 Å². The average molecular weight is 294 g/mol. The fraction of sp³-hybridized carbons (Fsp3) is 0.118. The summed E-state index contributed by atoms with van der Waals surface area (Å²) < 4.78 is 10.6. The maximum absolute atomic E-state index is 11.9. The van der Waals surface area contributed by atoms with Crippen LogP contribution in [0.5, 0.6) is 5.75 Å². The van der Waals surface area contributed by atoms with Gasteiger partial charge in [0.1, 0.15) is 5.75 Å². The van der Waals surface area contributed by atoms with Gasteiger partial charge in [0.05, 0.1) is 6.61 Å². The van der Waals surface area contributed by atoms with Crippen molar-refractivity contribution >= 4 is 17.9 Å². The number of cyclic esters (lactones) is 1. The molecule has 1 aromatic carbocycles. The minimum Gasteiger partial charge on any atom is -0.494 e. The maximum atomic E-state index is 11.9. The number of hydrogen-bond acceptors (Lipinski definition) is 5. The normalized spacial score (nSPS) is 15.6. The number of benzene rings is 1. The molecule has 0 spiro atoms. The Morgan fingerprint density at radius 1 is 1.23 bits per heavy atom. The van der Waals surface area contributed by atoms with Gasteiger partial charge in [0.15, 0.2) is 5.70 Å². The first-order valence-corrected chi connectivity index (χ1v) is 6.92. The number of ether oxygens (including phenoxy) is 2. The van der Waals surface area contributed by atoms with Gasteiger partial charge in [-0.1, -0.05) is 12.1 Å². The maximum Gasteiger partial charge on any atom is 0.363 e. The first kappa shape index (κ1) is 14.0. The molecule has 0 saturated heterocycles. The zero-order valence-corrected chi connectivity index (χ0v) is 12.0. The second-order valence-corrected chi connectivity index (χ2v) is 4.58. The van der Waals surface area contributed by atoms with Gasteiger partial charge >= 0.3 is 5.97 Å². The molecular weight excluding hydrogens is 280 g/mol. The van der Waals surface area contributed by atoms with E-state index < -0.39 is 5.97 Å². The molecule has 0 amide bonds. The Bertz CT molecular complexity index is 752. The lowest BCUT2D eigenvalue weighted by Gasteiger charge is -2.03. The summed E-state index contributed by atoms with van der Waals surface area (Å²) in [4.78, 5) is 20.1. The fourth-order valence-electron chi connectivity index (χ4n) is 2.05. The summed E-state index contributed by atoms with van der Waals surface area (Å²) in [7, 11) is 0. The van der Waals surface area contributed by atoms with Gasteiger partial charge in [0.2, 0.25) is 5.90 Å². The molecule has 1 aliphatic rings.